The predicted molar refractivity (Wildman–Crippen MR) is 102 cm³/mol. The molecule has 1 saturated heterocycles. The number of carbonyl (C=O) groups is 1. The van der Waals surface area contributed by atoms with E-state index in [4.69, 9.17) is 14.6 Å². The van der Waals surface area contributed by atoms with E-state index >= 15 is 0 Å². The number of para-hydroxylation sites is 1. The molecule has 0 spiro atoms. The number of aromatic nitrogens is 3. The molecule has 0 bridgehead atoms. The van der Waals surface area contributed by atoms with Crippen LogP contribution in [-0.2, 0) is 16.0 Å². The number of carboxylic acid groups (broad SMARTS) is 1. The van der Waals surface area contributed by atoms with Crippen molar-refractivity contribution >= 4 is 17.4 Å². The Morgan fingerprint density at radius 2 is 1.96 bits per heavy atom. The van der Waals surface area contributed by atoms with Gasteiger partial charge in [-0.25, -0.2) is 4.98 Å². The molecule has 6 nitrogen and oxygen atoms in total. The summed E-state index contributed by atoms with van der Waals surface area (Å²) < 4.78 is 8.26. The largest absolute Gasteiger partial charge is 0.483 e. The van der Waals surface area contributed by atoms with Gasteiger partial charge in [0.25, 0.3) is 6.47 Å². The van der Waals surface area contributed by atoms with Gasteiger partial charge in [-0.15, -0.1) is 0 Å². The maximum absolute atomic E-state index is 8.36. The second-order valence-electron chi connectivity index (χ2n) is 7.13. The van der Waals surface area contributed by atoms with Crippen LogP contribution in [0.5, 0.6) is 0 Å². The summed E-state index contributed by atoms with van der Waals surface area (Å²) in [6.45, 7) is 1.37. The topological polar surface area (TPSA) is 77.2 Å². The minimum Gasteiger partial charge on any atom is -0.483 e. The fourth-order valence-electron chi connectivity index (χ4n) is 3.97. The summed E-state index contributed by atoms with van der Waals surface area (Å²) in [5.74, 6) is 2.42. The maximum atomic E-state index is 8.36. The zero-order valence-corrected chi connectivity index (χ0v) is 15.1. The number of fused-ring (bicyclic) bond motifs is 1. The highest BCUT2D eigenvalue weighted by Gasteiger charge is 2.35. The first-order chi connectivity index (χ1) is 13.3. The van der Waals surface area contributed by atoms with Gasteiger partial charge in [-0.1, -0.05) is 18.2 Å². The first-order valence-electron chi connectivity index (χ1n) is 9.32. The molecule has 2 fully saturated rings. The van der Waals surface area contributed by atoms with Crippen molar-refractivity contribution < 1.29 is 14.6 Å². The highest BCUT2D eigenvalue weighted by Crippen LogP contribution is 2.41. The Balaban J connectivity index is 0.000000565. The van der Waals surface area contributed by atoms with Gasteiger partial charge in [0, 0.05) is 35.8 Å². The molecule has 140 valence electrons. The number of ether oxygens (including phenoxy) is 1. The van der Waals surface area contributed by atoms with Gasteiger partial charge in [0.15, 0.2) is 0 Å². The van der Waals surface area contributed by atoms with Crippen molar-refractivity contribution in [2.24, 2.45) is 5.92 Å². The number of rotatable bonds is 4. The summed E-state index contributed by atoms with van der Waals surface area (Å²) in [5, 5.41) is 8.15. The first kappa shape index (κ1) is 17.7. The van der Waals surface area contributed by atoms with Crippen molar-refractivity contribution in [3.63, 3.8) is 0 Å². The van der Waals surface area contributed by atoms with Crippen LogP contribution in [0.1, 0.15) is 36.2 Å². The fourth-order valence-corrected chi connectivity index (χ4v) is 3.97. The Morgan fingerprint density at radius 1 is 1.15 bits per heavy atom. The average molecular weight is 365 g/mol. The van der Waals surface area contributed by atoms with Crippen LogP contribution < -0.4 is 0 Å². The fraction of sp³-hybridized carbons (Fsp3) is 0.381. The van der Waals surface area contributed by atoms with Crippen molar-refractivity contribution in [3.05, 3.63) is 60.3 Å². The third-order valence-electron chi connectivity index (χ3n) is 5.38. The zero-order valence-electron chi connectivity index (χ0n) is 15.1. The third-order valence-corrected chi connectivity index (χ3v) is 5.38. The van der Waals surface area contributed by atoms with Crippen molar-refractivity contribution in [1.82, 2.24) is 14.5 Å². The van der Waals surface area contributed by atoms with Gasteiger partial charge in [0.2, 0.25) is 0 Å². The van der Waals surface area contributed by atoms with Crippen LogP contribution in [0.3, 0.4) is 0 Å². The number of pyridine rings is 1. The van der Waals surface area contributed by atoms with E-state index in [1.807, 2.05) is 18.5 Å². The Kier molecular flexibility index (Phi) is 5.16. The van der Waals surface area contributed by atoms with Crippen LogP contribution in [-0.4, -0.2) is 39.3 Å². The van der Waals surface area contributed by atoms with Crippen LogP contribution in [0.15, 0.2) is 48.9 Å². The molecule has 2 aromatic heterocycles. The predicted octanol–water partition coefficient (Wildman–Crippen LogP) is 3.44. The molecule has 3 aromatic rings. The van der Waals surface area contributed by atoms with Crippen LogP contribution in [0.2, 0.25) is 0 Å². The van der Waals surface area contributed by atoms with Crippen molar-refractivity contribution in [2.45, 2.75) is 31.2 Å². The van der Waals surface area contributed by atoms with Gasteiger partial charge in [-0.3, -0.25) is 9.78 Å². The molecule has 1 aliphatic heterocycles. The average Bonchev–Trinajstić information content (AvgIpc) is 3.24. The van der Waals surface area contributed by atoms with Crippen LogP contribution in [0, 0.1) is 5.92 Å². The van der Waals surface area contributed by atoms with Crippen molar-refractivity contribution in [3.8, 4) is 0 Å². The highest BCUT2D eigenvalue weighted by atomic mass is 16.5. The highest BCUT2D eigenvalue weighted by molar-refractivity contribution is 5.81. The molecule has 0 amide bonds. The summed E-state index contributed by atoms with van der Waals surface area (Å²) in [4.78, 5) is 17.5. The molecule has 1 aromatic carbocycles. The van der Waals surface area contributed by atoms with Gasteiger partial charge in [-0.2, -0.15) is 0 Å². The lowest BCUT2D eigenvalue weighted by Gasteiger charge is -2.21. The molecule has 3 heterocycles. The number of benzene rings is 1. The molecule has 0 radical (unpaired) electrons. The van der Waals surface area contributed by atoms with E-state index < -0.39 is 0 Å². The van der Waals surface area contributed by atoms with Crippen LogP contribution >= 0.6 is 0 Å². The third kappa shape index (κ3) is 3.71. The summed E-state index contributed by atoms with van der Waals surface area (Å²) >= 11 is 0. The van der Waals surface area contributed by atoms with E-state index in [1.165, 1.54) is 29.6 Å². The Morgan fingerprint density at radius 3 is 2.78 bits per heavy atom. The maximum Gasteiger partial charge on any atom is 0.290 e. The van der Waals surface area contributed by atoms with Crippen LogP contribution in [0.4, 0.5) is 0 Å². The summed E-state index contributed by atoms with van der Waals surface area (Å²) in [6, 6.07) is 11.0. The minimum atomic E-state index is -0.250. The van der Waals surface area contributed by atoms with E-state index in [0.29, 0.717) is 17.9 Å². The van der Waals surface area contributed by atoms with E-state index in [0.717, 1.165) is 25.2 Å². The summed E-state index contributed by atoms with van der Waals surface area (Å²) in [6.07, 6.45) is 9.61. The quantitative estimate of drug-likeness (QED) is 0.717. The van der Waals surface area contributed by atoms with Gasteiger partial charge in [0.1, 0.15) is 5.82 Å². The molecular formula is C21H23N3O3. The van der Waals surface area contributed by atoms with E-state index in [2.05, 4.69) is 45.0 Å². The summed E-state index contributed by atoms with van der Waals surface area (Å²) in [5.41, 5.74) is 2.45. The summed E-state index contributed by atoms with van der Waals surface area (Å²) in [7, 11) is 0. The lowest BCUT2D eigenvalue weighted by Crippen LogP contribution is -2.21. The molecule has 1 aliphatic carbocycles. The standard InChI is InChI=1S/C20H21N3O.CH2O2/c1-2-4-18-17(3-1)15(7-8-21-18)11-16-12-24-13-19(16)23-10-9-22-20(23)14-5-6-14;2-1-3/h1-4,7-10,14,16,19H,5-6,11-13H2;1H,(H,2,3)/t16-,19-;/m1./s1. The first-order valence-corrected chi connectivity index (χ1v) is 9.32. The smallest absolute Gasteiger partial charge is 0.290 e. The Bertz CT molecular complexity index is 914. The second-order valence-corrected chi connectivity index (χ2v) is 7.13. The number of hydrogen-bond donors (Lipinski definition) is 1. The second kappa shape index (κ2) is 7.88. The number of imidazole rings is 1. The van der Waals surface area contributed by atoms with Gasteiger partial charge >= 0.3 is 0 Å². The van der Waals surface area contributed by atoms with Crippen molar-refractivity contribution in [1.29, 1.82) is 0 Å². The monoisotopic (exact) mass is 365 g/mol. The van der Waals surface area contributed by atoms with Gasteiger partial charge in [0.05, 0.1) is 24.8 Å². The molecule has 0 unspecified atom stereocenters. The molecule has 1 N–H and O–H groups in total. The lowest BCUT2D eigenvalue weighted by molar-refractivity contribution is -0.122. The molecule has 6 heteroatoms. The van der Waals surface area contributed by atoms with Crippen molar-refractivity contribution in [2.75, 3.05) is 13.2 Å². The molecule has 2 aliphatic rings. The van der Waals surface area contributed by atoms with E-state index in [-0.39, 0.29) is 6.47 Å². The zero-order chi connectivity index (χ0) is 18.6. The molecule has 5 rings (SSSR count). The molecule has 1 saturated carbocycles. The Labute approximate surface area is 157 Å². The van der Waals surface area contributed by atoms with Gasteiger partial charge < -0.3 is 14.4 Å². The van der Waals surface area contributed by atoms with Crippen LogP contribution in [0.25, 0.3) is 10.9 Å². The molecular weight excluding hydrogens is 342 g/mol. The SMILES string of the molecule is O=CO.c1ccc2c(C[C@@H]3COC[C@H]3n3ccnc3C3CC3)ccnc2c1. The molecule has 2 atom stereocenters. The Hall–Kier alpha value is -2.73. The number of hydrogen-bond acceptors (Lipinski definition) is 4. The minimum absolute atomic E-state index is 0.250. The van der Waals surface area contributed by atoms with Gasteiger partial charge in [-0.05, 0) is 37.0 Å². The lowest BCUT2D eigenvalue weighted by atomic mass is 9.93. The van der Waals surface area contributed by atoms with E-state index in [9.17, 15) is 0 Å². The molecule has 27 heavy (non-hydrogen) atoms. The normalized spacial score (nSPS) is 21.6. The number of nitrogens with zero attached hydrogens (tertiary/aromatic N) is 3. The van der Waals surface area contributed by atoms with E-state index in [1.54, 1.807) is 0 Å².